The lowest BCUT2D eigenvalue weighted by Crippen LogP contribution is -2.35. The number of carbonyl (C=O) groups excluding carboxylic acids is 1. The minimum absolute atomic E-state index is 0.0264. The predicted molar refractivity (Wildman–Crippen MR) is 94.4 cm³/mol. The fraction of sp³-hybridized carbons (Fsp3) is 0.500. The van der Waals surface area contributed by atoms with Gasteiger partial charge in [0.15, 0.2) is 0 Å². The first-order valence-corrected chi connectivity index (χ1v) is 9.82. The summed E-state index contributed by atoms with van der Waals surface area (Å²) in [6.45, 7) is 1.05. The third-order valence-corrected chi connectivity index (χ3v) is 4.30. The number of hydrogen-bond donors (Lipinski definition) is 1. The molecule has 1 rings (SSSR count). The largest absolute Gasteiger partial charge is 0.494 e. The summed E-state index contributed by atoms with van der Waals surface area (Å²) in [5.41, 5.74) is 0. The van der Waals surface area contributed by atoms with Crippen molar-refractivity contribution in [3.05, 3.63) is 27.8 Å². The van der Waals surface area contributed by atoms with E-state index in [1.54, 1.807) is 7.05 Å². The van der Waals surface area contributed by atoms with Crippen LogP contribution < -0.4 is 9.46 Å². The zero-order valence-corrected chi connectivity index (χ0v) is 15.7. The van der Waals surface area contributed by atoms with Crippen LogP contribution in [0.1, 0.15) is 12.8 Å². The number of carbonyl (C=O) groups is 1. The Morgan fingerprint density at radius 1 is 1.32 bits per heavy atom. The van der Waals surface area contributed by atoms with Gasteiger partial charge in [-0.15, -0.1) is 0 Å². The van der Waals surface area contributed by atoms with Gasteiger partial charge in [-0.2, -0.15) is 0 Å². The molecule has 0 spiro atoms. The molecule has 1 aromatic rings. The zero-order chi connectivity index (χ0) is 16.6. The molecule has 6 nitrogen and oxygen atoms in total. The lowest BCUT2D eigenvalue weighted by atomic mass is 10.3. The van der Waals surface area contributed by atoms with Crippen LogP contribution in [0.2, 0.25) is 0 Å². The molecule has 0 unspecified atom stereocenters. The monoisotopic (exact) mass is 440 g/mol. The molecule has 0 saturated carbocycles. The van der Waals surface area contributed by atoms with Crippen LogP contribution in [0.25, 0.3) is 0 Å². The molecule has 0 radical (unpaired) electrons. The normalized spacial score (nSPS) is 11.2. The van der Waals surface area contributed by atoms with E-state index in [2.05, 4.69) is 27.3 Å². The number of benzene rings is 1. The average molecular weight is 440 g/mol. The Hall–Kier alpha value is -0.870. The van der Waals surface area contributed by atoms with Crippen molar-refractivity contribution >= 4 is 38.5 Å². The molecule has 0 saturated heterocycles. The van der Waals surface area contributed by atoms with Crippen LogP contribution in [0.4, 0.5) is 0 Å². The quantitative estimate of drug-likeness (QED) is 0.466. The molecule has 0 atom stereocenters. The van der Waals surface area contributed by atoms with E-state index in [0.29, 0.717) is 26.0 Å². The number of halogens is 1. The third-order valence-electron chi connectivity index (χ3n) is 2.85. The molecule has 0 aliphatic rings. The Kier molecular flexibility index (Phi) is 8.12. The van der Waals surface area contributed by atoms with Gasteiger partial charge in [0.05, 0.1) is 12.9 Å². The lowest BCUT2D eigenvalue weighted by Gasteiger charge is -2.17. The van der Waals surface area contributed by atoms with Gasteiger partial charge in [0.2, 0.25) is 15.9 Å². The molecule has 0 fully saturated rings. The van der Waals surface area contributed by atoms with Crippen molar-refractivity contribution in [1.29, 1.82) is 0 Å². The van der Waals surface area contributed by atoms with Crippen molar-refractivity contribution in [1.82, 2.24) is 9.62 Å². The Bertz CT molecular complexity index is 575. The van der Waals surface area contributed by atoms with Crippen molar-refractivity contribution in [2.45, 2.75) is 12.8 Å². The van der Waals surface area contributed by atoms with E-state index in [4.69, 9.17) is 4.74 Å². The summed E-state index contributed by atoms with van der Waals surface area (Å²) < 4.78 is 30.9. The molecule has 1 N–H and O–H groups in total. The van der Waals surface area contributed by atoms with Gasteiger partial charge in [0, 0.05) is 30.1 Å². The maximum absolute atomic E-state index is 11.8. The van der Waals surface area contributed by atoms with Gasteiger partial charge in [-0.1, -0.05) is 0 Å². The van der Waals surface area contributed by atoms with Crippen molar-refractivity contribution in [3.63, 3.8) is 0 Å². The van der Waals surface area contributed by atoms with Gasteiger partial charge in [0.25, 0.3) is 0 Å². The average Bonchev–Trinajstić information content (AvgIpc) is 2.43. The summed E-state index contributed by atoms with van der Waals surface area (Å²) in [5, 5.41) is 0. The number of rotatable bonds is 9. The third kappa shape index (κ3) is 8.54. The molecular formula is C14H21IN2O4S. The molecule has 0 heterocycles. The van der Waals surface area contributed by atoms with Crippen LogP contribution in [0, 0.1) is 3.57 Å². The zero-order valence-electron chi connectivity index (χ0n) is 12.7. The van der Waals surface area contributed by atoms with E-state index in [9.17, 15) is 13.2 Å². The fourth-order valence-corrected chi connectivity index (χ4v) is 2.48. The van der Waals surface area contributed by atoms with E-state index >= 15 is 0 Å². The van der Waals surface area contributed by atoms with Crippen LogP contribution >= 0.6 is 22.6 Å². The molecule has 0 aliphatic heterocycles. The predicted octanol–water partition coefficient (Wildman–Crippen LogP) is 1.46. The fourth-order valence-electron chi connectivity index (χ4n) is 1.66. The number of likely N-dealkylation sites (N-methyl/N-ethyl adjacent to an activating group) is 1. The standard InChI is InChI=1S/C14H21IN2O4S/c1-17(10-9-16-22(2,19)20)14(18)4-3-11-21-13-7-5-12(15)6-8-13/h5-8,16H,3-4,9-11H2,1-2H3. The summed E-state index contributed by atoms with van der Waals surface area (Å²) >= 11 is 2.22. The highest BCUT2D eigenvalue weighted by atomic mass is 127. The van der Waals surface area contributed by atoms with Gasteiger partial charge < -0.3 is 9.64 Å². The lowest BCUT2D eigenvalue weighted by molar-refractivity contribution is -0.130. The summed E-state index contributed by atoms with van der Waals surface area (Å²) in [4.78, 5) is 13.4. The molecule has 124 valence electrons. The second kappa shape index (κ2) is 9.31. The number of sulfonamides is 1. The van der Waals surface area contributed by atoms with E-state index < -0.39 is 10.0 Å². The number of nitrogens with one attached hydrogen (secondary N) is 1. The van der Waals surface area contributed by atoms with E-state index in [0.717, 1.165) is 15.6 Å². The van der Waals surface area contributed by atoms with E-state index in [1.807, 2.05) is 24.3 Å². The summed E-state index contributed by atoms with van der Waals surface area (Å²) in [6.07, 6.45) is 2.09. The van der Waals surface area contributed by atoms with E-state index in [-0.39, 0.29) is 12.5 Å². The van der Waals surface area contributed by atoms with Gasteiger partial charge in [-0.25, -0.2) is 13.1 Å². The summed E-state index contributed by atoms with van der Waals surface area (Å²) in [5.74, 6) is 0.764. The first-order chi connectivity index (χ1) is 10.3. The number of nitrogens with zero attached hydrogens (tertiary/aromatic N) is 1. The summed E-state index contributed by atoms with van der Waals surface area (Å²) in [6, 6.07) is 7.71. The molecule has 0 aromatic heterocycles. The van der Waals surface area contributed by atoms with Crippen LogP contribution in [-0.2, 0) is 14.8 Å². The first-order valence-electron chi connectivity index (χ1n) is 6.85. The van der Waals surface area contributed by atoms with Gasteiger partial charge in [-0.3, -0.25) is 4.79 Å². The van der Waals surface area contributed by atoms with Crippen molar-refractivity contribution < 1.29 is 17.9 Å². The van der Waals surface area contributed by atoms with Crippen LogP contribution in [0.15, 0.2) is 24.3 Å². The number of hydrogen-bond acceptors (Lipinski definition) is 4. The second-order valence-corrected chi connectivity index (χ2v) is 7.97. The molecule has 22 heavy (non-hydrogen) atoms. The SMILES string of the molecule is CN(CCNS(C)(=O)=O)C(=O)CCCOc1ccc(I)cc1. The van der Waals surface area contributed by atoms with Crippen LogP contribution in [-0.4, -0.2) is 52.2 Å². The highest BCUT2D eigenvalue weighted by Gasteiger charge is 2.09. The molecule has 8 heteroatoms. The molecule has 1 amide bonds. The number of amides is 1. The van der Waals surface area contributed by atoms with Crippen LogP contribution in [0.3, 0.4) is 0 Å². The Balaban J connectivity index is 2.18. The Labute approximate surface area is 145 Å². The topological polar surface area (TPSA) is 75.7 Å². The molecule has 0 bridgehead atoms. The highest BCUT2D eigenvalue weighted by Crippen LogP contribution is 2.13. The van der Waals surface area contributed by atoms with Crippen LogP contribution in [0.5, 0.6) is 5.75 Å². The first kappa shape index (κ1) is 19.2. The Morgan fingerprint density at radius 3 is 2.55 bits per heavy atom. The maximum atomic E-state index is 11.8. The molecule has 1 aromatic carbocycles. The molecule has 0 aliphatic carbocycles. The van der Waals surface area contributed by atoms with Gasteiger partial charge in [-0.05, 0) is 53.3 Å². The van der Waals surface area contributed by atoms with Crippen molar-refractivity contribution in [2.24, 2.45) is 0 Å². The van der Waals surface area contributed by atoms with Gasteiger partial charge in [0.1, 0.15) is 5.75 Å². The maximum Gasteiger partial charge on any atom is 0.222 e. The van der Waals surface area contributed by atoms with Gasteiger partial charge >= 0.3 is 0 Å². The van der Waals surface area contributed by atoms with Crippen molar-refractivity contribution in [2.75, 3.05) is 33.0 Å². The Morgan fingerprint density at radius 2 is 1.95 bits per heavy atom. The molecular weight excluding hydrogens is 419 g/mol. The second-order valence-electron chi connectivity index (χ2n) is 4.89. The number of ether oxygens (including phenoxy) is 1. The van der Waals surface area contributed by atoms with E-state index in [1.165, 1.54) is 4.90 Å². The highest BCUT2D eigenvalue weighted by molar-refractivity contribution is 14.1. The smallest absolute Gasteiger partial charge is 0.222 e. The minimum Gasteiger partial charge on any atom is -0.494 e. The van der Waals surface area contributed by atoms with Crippen molar-refractivity contribution in [3.8, 4) is 5.75 Å². The summed E-state index contributed by atoms with van der Waals surface area (Å²) in [7, 11) is -1.55. The minimum atomic E-state index is -3.21.